The summed E-state index contributed by atoms with van der Waals surface area (Å²) in [6, 6.07) is 8.58. The van der Waals surface area contributed by atoms with E-state index in [1.165, 1.54) is 20.8 Å². The lowest BCUT2D eigenvalue weighted by Crippen LogP contribution is -2.55. The van der Waals surface area contributed by atoms with Gasteiger partial charge >= 0.3 is 5.97 Å². The molecule has 0 aromatic heterocycles. The standard InChI is InChI=1S/C18H27NO7S/c1-14(20)19-10-7-11-27(24,25)26-13-17(2,3)18(23,16(21)22)12-15-8-5-4-6-9-15/h4-6,8-9,23H,7,10-13H2,1-3H3,(H,19,20)(H,21,22)/t18-/m0/s1. The molecule has 0 heterocycles. The fraction of sp³-hybridized carbons (Fsp3) is 0.556. The highest BCUT2D eigenvalue weighted by molar-refractivity contribution is 7.86. The van der Waals surface area contributed by atoms with E-state index in [0.29, 0.717) is 5.56 Å². The average Bonchev–Trinajstić information content (AvgIpc) is 2.57. The number of carboxylic acid groups (broad SMARTS) is 1. The van der Waals surface area contributed by atoms with Crippen molar-refractivity contribution in [1.82, 2.24) is 5.32 Å². The van der Waals surface area contributed by atoms with Gasteiger partial charge in [-0.25, -0.2) is 4.79 Å². The van der Waals surface area contributed by atoms with E-state index in [1.807, 2.05) is 0 Å². The summed E-state index contributed by atoms with van der Waals surface area (Å²) in [6.07, 6.45) is -0.0301. The maximum absolute atomic E-state index is 12.0. The zero-order valence-electron chi connectivity index (χ0n) is 15.8. The molecule has 1 atom stereocenters. The molecule has 1 aromatic carbocycles. The fourth-order valence-electron chi connectivity index (χ4n) is 2.42. The lowest BCUT2D eigenvalue weighted by Gasteiger charge is -2.39. The Kier molecular flexibility index (Phi) is 7.94. The molecule has 0 fully saturated rings. The van der Waals surface area contributed by atoms with E-state index in [4.69, 9.17) is 4.18 Å². The van der Waals surface area contributed by atoms with Gasteiger partial charge < -0.3 is 15.5 Å². The number of carbonyl (C=O) groups is 2. The van der Waals surface area contributed by atoms with Gasteiger partial charge in [0.15, 0.2) is 5.60 Å². The Morgan fingerprint density at radius 1 is 1.19 bits per heavy atom. The summed E-state index contributed by atoms with van der Waals surface area (Å²) in [5.74, 6) is -2.04. The van der Waals surface area contributed by atoms with Gasteiger partial charge in [0.2, 0.25) is 5.91 Å². The predicted molar refractivity (Wildman–Crippen MR) is 99.6 cm³/mol. The lowest BCUT2D eigenvalue weighted by molar-refractivity contribution is -0.175. The van der Waals surface area contributed by atoms with Gasteiger partial charge in [-0.2, -0.15) is 8.42 Å². The third kappa shape index (κ3) is 6.93. The molecular weight excluding hydrogens is 374 g/mol. The Labute approximate surface area is 159 Å². The molecule has 9 heteroatoms. The van der Waals surface area contributed by atoms with Gasteiger partial charge in [0.05, 0.1) is 12.4 Å². The van der Waals surface area contributed by atoms with Crippen LogP contribution in [-0.4, -0.2) is 55.0 Å². The van der Waals surface area contributed by atoms with Crippen LogP contribution in [0.1, 0.15) is 32.8 Å². The van der Waals surface area contributed by atoms with Gasteiger partial charge in [0.25, 0.3) is 10.1 Å². The van der Waals surface area contributed by atoms with Crippen LogP contribution in [0.15, 0.2) is 30.3 Å². The molecule has 0 bridgehead atoms. The minimum atomic E-state index is -3.93. The topological polar surface area (TPSA) is 130 Å². The van der Waals surface area contributed by atoms with Crippen molar-refractivity contribution in [1.29, 1.82) is 0 Å². The number of benzene rings is 1. The van der Waals surface area contributed by atoms with Crippen LogP contribution in [0.2, 0.25) is 0 Å². The van der Waals surface area contributed by atoms with Crippen LogP contribution in [0.25, 0.3) is 0 Å². The summed E-state index contributed by atoms with van der Waals surface area (Å²) in [4.78, 5) is 22.6. The van der Waals surface area contributed by atoms with Gasteiger partial charge in [0.1, 0.15) is 0 Å². The first kappa shape index (κ1) is 23.1. The van der Waals surface area contributed by atoms with Crippen LogP contribution in [-0.2, 0) is 30.3 Å². The molecule has 1 amide bonds. The van der Waals surface area contributed by atoms with Crippen LogP contribution in [0, 0.1) is 5.41 Å². The smallest absolute Gasteiger partial charge is 0.336 e. The molecule has 0 saturated heterocycles. The van der Waals surface area contributed by atoms with Crippen LogP contribution >= 0.6 is 0 Å². The summed E-state index contributed by atoms with van der Waals surface area (Å²) < 4.78 is 29.0. The predicted octanol–water partition coefficient (Wildman–Crippen LogP) is 0.944. The van der Waals surface area contributed by atoms with Crippen molar-refractivity contribution in [2.75, 3.05) is 18.9 Å². The van der Waals surface area contributed by atoms with Crippen molar-refractivity contribution < 1.29 is 32.4 Å². The number of hydrogen-bond acceptors (Lipinski definition) is 6. The van der Waals surface area contributed by atoms with Crippen molar-refractivity contribution in [2.45, 2.75) is 39.2 Å². The van der Waals surface area contributed by atoms with E-state index in [0.717, 1.165) is 0 Å². The molecule has 1 rings (SSSR count). The normalized spacial score (nSPS) is 14.4. The van der Waals surface area contributed by atoms with Crippen LogP contribution in [0.5, 0.6) is 0 Å². The molecular formula is C18H27NO7S. The molecule has 0 aliphatic heterocycles. The molecule has 0 spiro atoms. The van der Waals surface area contributed by atoms with Gasteiger partial charge in [-0.1, -0.05) is 44.2 Å². The van der Waals surface area contributed by atoms with Crippen molar-refractivity contribution in [3.63, 3.8) is 0 Å². The van der Waals surface area contributed by atoms with E-state index in [-0.39, 0.29) is 31.0 Å². The minimum Gasteiger partial charge on any atom is -0.479 e. The second kappa shape index (κ2) is 9.29. The molecule has 27 heavy (non-hydrogen) atoms. The maximum Gasteiger partial charge on any atom is 0.336 e. The average molecular weight is 401 g/mol. The second-order valence-corrected chi connectivity index (χ2v) is 8.83. The van der Waals surface area contributed by atoms with E-state index in [2.05, 4.69) is 5.32 Å². The highest BCUT2D eigenvalue weighted by atomic mass is 32.2. The molecule has 1 aromatic rings. The number of aliphatic hydroxyl groups is 1. The molecule has 8 nitrogen and oxygen atoms in total. The van der Waals surface area contributed by atoms with Crippen LogP contribution < -0.4 is 5.32 Å². The molecule has 0 aliphatic rings. The number of rotatable bonds is 11. The first-order valence-corrected chi connectivity index (χ1v) is 10.1. The van der Waals surface area contributed by atoms with E-state index >= 15 is 0 Å². The number of carbonyl (C=O) groups excluding carboxylic acids is 1. The van der Waals surface area contributed by atoms with Crippen molar-refractivity contribution in [3.05, 3.63) is 35.9 Å². The number of hydrogen-bond donors (Lipinski definition) is 3. The summed E-state index contributed by atoms with van der Waals surface area (Å²) in [6.45, 7) is 3.90. The van der Waals surface area contributed by atoms with Crippen LogP contribution in [0.3, 0.4) is 0 Å². The Balaban J connectivity index is 2.79. The molecule has 3 N–H and O–H groups in total. The van der Waals surface area contributed by atoms with Crippen LogP contribution in [0.4, 0.5) is 0 Å². The van der Waals surface area contributed by atoms with E-state index in [9.17, 15) is 28.2 Å². The fourth-order valence-corrected chi connectivity index (χ4v) is 3.51. The van der Waals surface area contributed by atoms with Crippen molar-refractivity contribution in [2.24, 2.45) is 5.41 Å². The highest BCUT2D eigenvalue weighted by Gasteiger charge is 2.50. The van der Waals surface area contributed by atoms with Gasteiger partial charge in [-0.15, -0.1) is 0 Å². The lowest BCUT2D eigenvalue weighted by atomic mass is 9.72. The number of aliphatic carboxylic acids is 1. The van der Waals surface area contributed by atoms with Gasteiger partial charge in [-0.05, 0) is 12.0 Å². The Morgan fingerprint density at radius 2 is 1.78 bits per heavy atom. The zero-order chi connectivity index (χ0) is 20.7. The molecule has 0 aliphatic carbocycles. The van der Waals surface area contributed by atoms with Gasteiger partial charge in [-0.3, -0.25) is 8.98 Å². The number of nitrogens with one attached hydrogen (secondary N) is 1. The zero-order valence-corrected chi connectivity index (χ0v) is 16.6. The quantitative estimate of drug-likeness (QED) is 0.372. The largest absolute Gasteiger partial charge is 0.479 e. The Bertz CT molecular complexity index is 746. The number of carboxylic acids is 1. The molecule has 0 saturated carbocycles. The third-order valence-corrected chi connectivity index (χ3v) is 5.59. The van der Waals surface area contributed by atoms with E-state index in [1.54, 1.807) is 30.3 Å². The summed E-state index contributed by atoms with van der Waals surface area (Å²) in [5.41, 5.74) is -3.01. The molecule has 0 unspecified atom stereocenters. The highest BCUT2D eigenvalue weighted by Crippen LogP contribution is 2.35. The van der Waals surface area contributed by atoms with Gasteiger partial charge in [0, 0.05) is 25.3 Å². The minimum absolute atomic E-state index is 0.162. The molecule has 0 radical (unpaired) electrons. The van der Waals surface area contributed by atoms with Crippen molar-refractivity contribution in [3.8, 4) is 0 Å². The first-order chi connectivity index (χ1) is 12.4. The SMILES string of the molecule is CC(=O)NCCCS(=O)(=O)OCC(C)(C)[C@](O)(Cc1ccccc1)C(=O)O. The number of amides is 1. The third-order valence-electron chi connectivity index (χ3n) is 4.32. The van der Waals surface area contributed by atoms with E-state index < -0.39 is 33.7 Å². The maximum atomic E-state index is 12.0. The van der Waals surface area contributed by atoms with Crippen molar-refractivity contribution >= 4 is 22.0 Å². The summed E-state index contributed by atoms with van der Waals surface area (Å²) >= 11 is 0. The monoisotopic (exact) mass is 401 g/mol. The summed E-state index contributed by atoms with van der Waals surface area (Å²) in [5, 5.41) is 22.9. The second-order valence-electron chi connectivity index (χ2n) is 7.07. The summed E-state index contributed by atoms with van der Waals surface area (Å²) in [7, 11) is -3.93. The molecule has 152 valence electrons. The Morgan fingerprint density at radius 3 is 2.30 bits per heavy atom. The first-order valence-electron chi connectivity index (χ1n) is 8.51. The Hall–Kier alpha value is -1.97.